The Bertz CT molecular complexity index is 252. The van der Waals surface area contributed by atoms with Crippen molar-refractivity contribution in [1.29, 1.82) is 0 Å². The standard InChI is InChI=1S/C10H17NS/c1-4-5-10(11)9-6-7(2)12-8(9)3/h6,10H,4-5,11H2,1-3H3/t10-/m1/s1. The van der Waals surface area contributed by atoms with E-state index in [0.29, 0.717) is 0 Å². The van der Waals surface area contributed by atoms with Crippen LogP contribution in [0.4, 0.5) is 0 Å². The van der Waals surface area contributed by atoms with Crippen LogP contribution in [0.3, 0.4) is 0 Å². The number of aryl methyl sites for hydroxylation is 2. The summed E-state index contributed by atoms with van der Waals surface area (Å²) in [5, 5.41) is 0. The van der Waals surface area contributed by atoms with Crippen LogP contribution in [-0.4, -0.2) is 0 Å². The Labute approximate surface area is 78.6 Å². The van der Waals surface area contributed by atoms with E-state index in [9.17, 15) is 0 Å². The van der Waals surface area contributed by atoms with Crippen LogP contribution in [0.25, 0.3) is 0 Å². The maximum absolute atomic E-state index is 6.03. The molecular formula is C10H17NS. The van der Waals surface area contributed by atoms with Crippen molar-refractivity contribution in [3.8, 4) is 0 Å². The third-order valence-electron chi connectivity index (χ3n) is 2.08. The van der Waals surface area contributed by atoms with E-state index in [-0.39, 0.29) is 6.04 Å². The van der Waals surface area contributed by atoms with Gasteiger partial charge in [0.15, 0.2) is 0 Å². The Morgan fingerprint density at radius 3 is 2.58 bits per heavy atom. The number of hydrogen-bond donors (Lipinski definition) is 1. The second kappa shape index (κ2) is 4.06. The number of rotatable bonds is 3. The minimum Gasteiger partial charge on any atom is -0.324 e. The molecule has 0 unspecified atom stereocenters. The Morgan fingerprint density at radius 1 is 1.50 bits per heavy atom. The summed E-state index contributed by atoms with van der Waals surface area (Å²) in [6.07, 6.45) is 2.26. The molecule has 1 nitrogen and oxygen atoms in total. The van der Waals surface area contributed by atoms with Crippen LogP contribution >= 0.6 is 11.3 Å². The molecule has 0 aliphatic heterocycles. The topological polar surface area (TPSA) is 26.0 Å². The van der Waals surface area contributed by atoms with Gasteiger partial charge in [0.05, 0.1) is 0 Å². The number of hydrogen-bond acceptors (Lipinski definition) is 2. The summed E-state index contributed by atoms with van der Waals surface area (Å²) in [5.41, 5.74) is 7.37. The van der Waals surface area contributed by atoms with Gasteiger partial charge in [0.2, 0.25) is 0 Å². The van der Waals surface area contributed by atoms with Gasteiger partial charge in [-0.2, -0.15) is 0 Å². The van der Waals surface area contributed by atoms with Gasteiger partial charge in [0.25, 0.3) is 0 Å². The largest absolute Gasteiger partial charge is 0.324 e. The second-order valence-corrected chi connectivity index (χ2v) is 4.72. The molecule has 0 saturated carbocycles. The lowest BCUT2D eigenvalue weighted by atomic mass is 10.0. The molecule has 1 aromatic rings. The van der Waals surface area contributed by atoms with Crippen LogP contribution in [-0.2, 0) is 0 Å². The maximum Gasteiger partial charge on any atom is 0.0305 e. The maximum atomic E-state index is 6.03. The Kier molecular flexibility index (Phi) is 3.29. The summed E-state index contributed by atoms with van der Waals surface area (Å²) >= 11 is 1.84. The van der Waals surface area contributed by atoms with Gasteiger partial charge in [0.1, 0.15) is 0 Å². The highest BCUT2D eigenvalue weighted by atomic mass is 32.1. The Balaban J connectivity index is 2.79. The first-order valence-electron chi connectivity index (χ1n) is 4.47. The van der Waals surface area contributed by atoms with E-state index in [4.69, 9.17) is 5.73 Å². The van der Waals surface area contributed by atoms with E-state index < -0.39 is 0 Å². The van der Waals surface area contributed by atoms with Gasteiger partial charge in [-0.05, 0) is 31.9 Å². The first-order chi connectivity index (χ1) is 5.65. The molecule has 1 rings (SSSR count). The minimum atomic E-state index is 0.250. The molecule has 2 N–H and O–H groups in total. The van der Waals surface area contributed by atoms with E-state index in [0.717, 1.165) is 12.8 Å². The van der Waals surface area contributed by atoms with Gasteiger partial charge in [0, 0.05) is 15.8 Å². The van der Waals surface area contributed by atoms with E-state index in [1.54, 1.807) is 0 Å². The monoisotopic (exact) mass is 183 g/mol. The van der Waals surface area contributed by atoms with Crippen molar-refractivity contribution in [1.82, 2.24) is 0 Å². The van der Waals surface area contributed by atoms with Crippen LogP contribution < -0.4 is 5.73 Å². The normalized spacial score (nSPS) is 13.3. The molecule has 0 radical (unpaired) electrons. The number of nitrogens with two attached hydrogens (primary N) is 1. The second-order valence-electron chi connectivity index (χ2n) is 3.26. The van der Waals surface area contributed by atoms with Crippen LogP contribution in [0.5, 0.6) is 0 Å². The molecule has 0 saturated heterocycles. The lowest BCUT2D eigenvalue weighted by Crippen LogP contribution is -2.09. The smallest absolute Gasteiger partial charge is 0.0305 e. The molecule has 0 aliphatic carbocycles. The summed E-state index contributed by atoms with van der Waals surface area (Å²) in [6, 6.07) is 2.47. The average molecular weight is 183 g/mol. The highest BCUT2D eigenvalue weighted by molar-refractivity contribution is 7.12. The summed E-state index contributed by atoms with van der Waals surface area (Å²) in [7, 11) is 0. The van der Waals surface area contributed by atoms with Gasteiger partial charge in [-0.1, -0.05) is 13.3 Å². The van der Waals surface area contributed by atoms with Crippen molar-refractivity contribution in [3.05, 3.63) is 21.4 Å². The first-order valence-corrected chi connectivity index (χ1v) is 5.29. The predicted molar refractivity (Wildman–Crippen MR) is 55.6 cm³/mol. The molecule has 0 spiro atoms. The zero-order valence-corrected chi connectivity index (χ0v) is 8.87. The highest BCUT2D eigenvalue weighted by Crippen LogP contribution is 2.27. The summed E-state index contributed by atoms with van der Waals surface area (Å²) in [5.74, 6) is 0. The molecular weight excluding hydrogens is 166 g/mol. The molecule has 0 aliphatic rings. The van der Waals surface area contributed by atoms with E-state index >= 15 is 0 Å². The lowest BCUT2D eigenvalue weighted by Gasteiger charge is -2.08. The molecule has 2 heteroatoms. The predicted octanol–water partition coefficient (Wildman–Crippen LogP) is 3.16. The van der Waals surface area contributed by atoms with Gasteiger partial charge in [-0.15, -0.1) is 11.3 Å². The number of thiophene rings is 1. The average Bonchev–Trinajstić information content (AvgIpc) is 2.30. The lowest BCUT2D eigenvalue weighted by molar-refractivity contribution is 0.637. The fourth-order valence-electron chi connectivity index (χ4n) is 1.49. The molecule has 0 fully saturated rings. The van der Waals surface area contributed by atoms with Gasteiger partial charge in [-0.25, -0.2) is 0 Å². The summed E-state index contributed by atoms with van der Waals surface area (Å²) < 4.78 is 0. The van der Waals surface area contributed by atoms with Crippen molar-refractivity contribution in [2.24, 2.45) is 5.73 Å². The zero-order valence-electron chi connectivity index (χ0n) is 8.05. The molecule has 12 heavy (non-hydrogen) atoms. The van der Waals surface area contributed by atoms with Crippen molar-refractivity contribution in [2.45, 2.75) is 39.7 Å². The van der Waals surface area contributed by atoms with Gasteiger partial charge >= 0.3 is 0 Å². The van der Waals surface area contributed by atoms with Crippen molar-refractivity contribution in [2.75, 3.05) is 0 Å². The van der Waals surface area contributed by atoms with Gasteiger partial charge < -0.3 is 5.73 Å². The molecule has 1 aromatic heterocycles. The van der Waals surface area contributed by atoms with Crippen LogP contribution in [0.15, 0.2) is 6.07 Å². The SMILES string of the molecule is CCC[C@@H](N)c1cc(C)sc1C. The molecule has 1 heterocycles. The highest BCUT2D eigenvalue weighted by Gasteiger charge is 2.09. The Hall–Kier alpha value is -0.340. The molecule has 0 aromatic carbocycles. The first kappa shape index (κ1) is 9.75. The third kappa shape index (κ3) is 2.08. The van der Waals surface area contributed by atoms with Crippen LogP contribution in [0.1, 0.15) is 41.1 Å². The molecule has 1 atom stereocenters. The van der Waals surface area contributed by atoms with E-state index in [2.05, 4.69) is 26.8 Å². The van der Waals surface area contributed by atoms with Crippen LogP contribution in [0.2, 0.25) is 0 Å². The quantitative estimate of drug-likeness (QED) is 0.765. The van der Waals surface area contributed by atoms with Crippen molar-refractivity contribution < 1.29 is 0 Å². The third-order valence-corrected chi connectivity index (χ3v) is 3.06. The summed E-state index contributed by atoms with van der Waals surface area (Å²) in [6.45, 7) is 6.47. The molecule has 68 valence electrons. The van der Waals surface area contributed by atoms with E-state index in [1.807, 2.05) is 11.3 Å². The van der Waals surface area contributed by atoms with Gasteiger partial charge in [-0.3, -0.25) is 0 Å². The van der Waals surface area contributed by atoms with Crippen molar-refractivity contribution in [3.63, 3.8) is 0 Å². The zero-order chi connectivity index (χ0) is 9.14. The summed E-state index contributed by atoms with van der Waals surface area (Å²) in [4.78, 5) is 2.75. The molecule has 0 bridgehead atoms. The Morgan fingerprint density at radius 2 is 2.17 bits per heavy atom. The minimum absolute atomic E-state index is 0.250. The fourth-order valence-corrected chi connectivity index (χ4v) is 2.48. The fraction of sp³-hybridized carbons (Fsp3) is 0.600. The van der Waals surface area contributed by atoms with E-state index in [1.165, 1.54) is 15.3 Å². The van der Waals surface area contributed by atoms with Crippen molar-refractivity contribution >= 4 is 11.3 Å². The van der Waals surface area contributed by atoms with Crippen LogP contribution in [0, 0.1) is 13.8 Å². The molecule has 0 amide bonds.